The van der Waals surface area contributed by atoms with Crippen molar-refractivity contribution in [3.8, 4) is 11.8 Å². The fraction of sp³-hybridized carbons (Fsp3) is 0.158. The van der Waals surface area contributed by atoms with E-state index in [1.165, 1.54) is 0 Å². The molecule has 6 heteroatoms. The Labute approximate surface area is 157 Å². The summed E-state index contributed by atoms with van der Waals surface area (Å²) in [4.78, 5) is 6.53. The second-order valence-corrected chi connectivity index (χ2v) is 7.98. The van der Waals surface area contributed by atoms with Gasteiger partial charge in [0.25, 0.3) is 0 Å². The molecule has 0 fully saturated rings. The topological polar surface area (TPSA) is 71.9 Å². The molecule has 25 heavy (non-hydrogen) atoms. The van der Waals surface area contributed by atoms with Gasteiger partial charge >= 0.3 is 0 Å². The van der Waals surface area contributed by atoms with Gasteiger partial charge in [-0.2, -0.15) is 5.26 Å². The molecule has 1 atom stereocenters. The number of hydrogen-bond acceptors (Lipinski definition) is 5. The number of ether oxygens (including phenoxy) is 1. The van der Waals surface area contributed by atoms with Crippen molar-refractivity contribution in [3.63, 3.8) is 0 Å². The van der Waals surface area contributed by atoms with Crippen LogP contribution >= 0.6 is 27.3 Å². The molecule has 1 aromatic carbocycles. The summed E-state index contributed by atoms with van der Waals surface area (Å²) < 4.78 is 6.84. The SMILES string of the molecule is Cc1cc(C)c2c3c(sc2n1)C(c1cccc(Br)c1)C(C#N)=C(N)O3. The van der Waals surface area contributed by atoms with Crippen LogP contribution in [-0.4, -0.2) is 4.98 Å². The quantitative estimate of drug-likeness (QED) is 0.618. The van der Waals surface area contributed by atoms with Gasteiger partial charge in [-0.25, -0.2) is 4.98 Å². The number of nitrogens with two attached hydrogens (primary N) is 1. The van der Waals surface area contributed by atoms with Gasteiger partial charge in [-0.3, -0.25) is 0 Å². The molecule has 3 aromatic rings. The van der Waals surface area contributed by atoms with Crippen LogP contribution < -0.4 is 10.5 Å². The summed E-state index contributed by atoms with van der Waals surface area (Å²) >= 11 is 5.08. The molecule has 0 amide bonds. The number of hydrogen-bond donors (Lipinski definition) is 1. The highest BCUT2D eigenvalue weighted by Gasteiger charge is 2.34. The van der Waals surface area contributed by atoms with E-state index in [9.17, 15) is 5.26 Å². The van der Waals surface area contributed by atoms with Crippen molar-refractivity contribution < 1.29 is 4.74 Å². The first kappa shape index (κ1) is 16.1. The van der Waals surface area contributed by atoms with Crippen molar-refractivity contribution in [2.24, 2.45) is 5.73 Å². The van der Waals surface area contributed by atoms with Crippen LogP contribution in [-0.2, 0) is 0 Å². The van der Waals surface area contributed by atoms with Crippen molar-refractivity contribution >= 4 is 37.5 Å². The maximum absolute atomic E-state index is 9.67. The molecular weight excluding hydrogens is 398 g/mol. The zero-order valence-corrected chi connectivity index (χ0v) is 16.0. The van der Waals surface area contributed by atoms with Gasteiger partial charge in [-0.15, -0.1) is 11.3 Å². The van der Waals surface area contributed by atoms with Gasteiger partial charge in [0.1, 0.15) is 16.5 Å². The zero-order valence-electron chi connectivity index (χ0n) is 13.6. The number of aryl methyl sites for hydroxylation is 2. The number of aromatic nitrogens is 1. The Morgan fingerprint density at radius 3 is 2.84 bits per heavy atom. The van der Waals surface area contributed by atoms with Crippen LogP contribution in [0.1, 0.15) is 27.6 Å². The molecule has 124 valence electrons. The van der Waals surface area contributed by atoms with E-state index in [1.54, 1.807) is 11.3 Å². The average Bonchev–Trinajstić information content (AvgIpc) is 2.91. The molecule has 1 aliphatic heterocycles. The summed E-state index contributed by atoms with van der Waals surface area (Å²) in [6.45, 7) is 4.02. The van der Waals surface area contributed by atoms with Crippen LogP contribution in [0.25, 0.3) is 10.2 Å². The largest absolute Gasteiger partial charge is 0.439 e. The second kappa shape index (κ2) is 5.87. The number of thiophene rings is 1. The highest BCUT2D eigenvalue weighted by atomic mass is 79.9. The minimum atomic E-state index is -0.245. The number of halogens is 1. The fourth-order valence-electron chi connectivity index (χ4n) is 3.28. The first-order chi connectivity index (χ1) is 12.0. The minimum Gasteiger partial charge on any atom is -0.439 e. The predicted molar refractivity (Wildman–Crippen MR) is 103 cm³/mol. The Kier molecular flexibility index (Phi) is 3.78. The maximum Gasteiger partial charge on any atom is 0.205 e. The van der Waals surface area contributed by atoms with Crippen LogP contribution in [0.2, 0.25) is 0 Å². The molecule has 2 N–H and O–H groups in total. The molecule has 0 saturated heterocycles. The molecule has 2 aromatic heterocycles. The number of benzene rings is 1. The third-order valence-electron chi connectivity index (χ3n) is 4.30. The summed E-state index contributed by atoms with van der Waals surface area (Å²) in [5, 5.41) is 10.6. The third-order valence-corrected chi connectivity index (χ3v) is 5.92. The van der Waals surface area contributed by atoms with Gasteiger partial charge in [0.2, 0.25) is 5.88 Å². The van der Waals surface area contributed by atoms with Gasteiger partial charge in [0.05, 0.1) is 16.2 Å². The van der Waals surface area contributed by atoms with Crippen LogP contribution in [0.5, 0.6) is 5.75 Å². The molecule has 0 bridgehead atoms. The number of fused-ring (bicyclic) bond motifs is 3. The minimum absolute atomic E-state index is 0.166. The Bertz CT molecular complexity index is 1090. The first-order valence-electron chi connectivity index (χ1n) is 7.73. The van der Waals surface area contributed by atoms with Gasteiger partial charge in [-0.05, 0) is 43.2 Å². The first-order valence-corrected chi connectivity index (χ1v) is 9.34. The Balaban J connectivity index is 2.04. The summed E-state index contributed by atoms with van der Waals surface area (Å²) in [6, 6.07) is 12.2. The van der Waals surface area contributed by atoms with E-state index < -0.39 is 0 Å². The monoisotopic (exact) mass is 411 g/mol. The average molecular weight is 412 g/mol. The zero-order chi connectivity index (χ0) is 17.7. The number of nitrogens with zero attached hydrogens (tertiary/aromatic N) is 2. The summed E-state index contributed by atoms with van der Waals surface area (Å²) in [5.41, 5.74) is 9.60. The molecule has 0 aliphatic carbocycles. The molecular formula is C19H14BrN3OS. The van der Waals surface area contributed by atoms with Gasteiger partial charge in [-0.1, -0.05) is 28.1 Å². The molecule has 0 saturated carbocycles. The van der Waals surface area contributed by atoms with E-state index in [2.05, 4.69) is 27.0 Å². The lowest BCUT2D eigenvalue weighted by Gasteiger charge is -2.24. The van der Waals surface area contributed by atoms with Crippen molar-refractivity contribution in [2.75, 3.05) is 0 Å². The summed E-state index contributed by atoms with van der Waals surface area (Å²) in [6.07, 6.45) is 0. The fourth-order valence-corrected chi connectivity index (χ4v) is 5.06. The second-order valence-electron chi connectivity index (χ2n) is 6.04. The van der Waals surface area contributed by atoms with Gasteiger partial charge in [0.15, 0.2) is 5.75 Å². The maximum atomic E-state index is 9.67. The van der Waals surface area contributed by atoms with E-state index in [0.29, 0.717) is 5.57 Å². The normalized spacial score (nSPS) is 16.5. The standard InChI is InChI=1S/C19H14BrN3OS/c1-9-6-10(2)23-19-14(9)16-17(25-19)15(13(8-21)18(22)24-16)11-4-3-5-12(20)7-11/h3-7,15H,22H2,1-2H3. The Hall–Kier alpha value is -2.36. The van der Waals surface area contributed by atoms with Crippen molar-refractivity contribution in [2.45, 2.75) is 19.8 Å². The van der Waals surface area contributed by atoms with E-state index in [4.69, 9.17) is 10.5 Å². The highest BCUT2D eigenvalue weighted by molar-refractivity contribution is 9.10. The summed E-state index contributed by atoms with van der Waals surface area (Å²) in [7, 11) is 0. The molecule has 3 heterocycles. The number of nitriles is 1. The number of rotatable bonds is 1. The van der Waals surface area contributed by atoms with E-state index in [-0.39, 0.29) is 11.8 Å². The molecule has 0 spiro atoms. The van der Waals surface area contributed by atoms with Crippen LogP contribution in [0.4, 0.5) is 0 Å². The Morgan fingerprint density at radius 2 is 2.12 bits per heavy atom. The predicted octanol–water partition coefficient (Wildman–Crippen LogP) is 4.89. The Morgan fingerprint density at radius 1 is 1.32 bits per heavy atom. The van der Waals surface area contributed by atoms with E-state index in [0.717, 1.165) is 42.1 Å². The molecule has 4 nitrogen and oxygen atoms in total. The van der Waals surface area contributed by atoms with Crippen LogP contribution in [0, 0.1) is 25.2 Å². The van der Waals surface area contributed by atoms with Crippen molar-refractivity contribution in [3.05, 3.63) is 68.0 Å². The molecule has 1 unspecified atom stereocenters. The van der Waals surface area contributed by atoms with E-state index in [1.807, 2.05) is 44.2 Å². The highest BCUT2D eigenvalue weighted by Crippen LogP contribution is 2.50. The van der Waals surface area contributed by atoms with Gasteiger partial charge in [0, 0.05) is 10.2 Å². The lowest BCUT2D eigenvalue weighted by Crippen LogP contribution is -2.19. The molecule has 1 aliphatic rings. The lowest BCUT2D eigenvalue weighted by atomic mass is 9.88. The molecule has 4 rings (SSSR count). The molecule has 0 radical (unpaired) electrons. The van der Waals surface area contributed by atoms with Crippen LogP contribution in [0.3, 0.4) is 0 Å². The van der Waals surface area contributed by atoms with Crippen molar-refractivity contribution in [1.82, 2.24) is 4.98 Å². The third kappa shape index (κ3) is 2.51. The van der Waals surface area contributed by atoms with E-state index >= 15 is 0 Å². The van der Waals surface area contributed by atoms with Gasteiger partial charge < -0.3 is 10.5 Å². The van der Waals surface area contributed by atoms with Crippen molar-refractivity contribution in [1.29, 1.82) is 5.26 Å². The summed E-state index contributed by atoms with van der Waals surface area (Å²) in [5.74, 6) is 0.649. The number of allylic oxidation sites excluding steroid dienone is 1. The number of pyridine rings is 1. The lowest BCUT2D eigenvalue weighted by molar-refractivity contribution is 0.401. The van der Waals surface area contributed by atoms with Crippen LogP contribution in [0.15, 0.2) is 46.3 Å². The smallest absolute Gasteiger partial charge is 0.205 e.